The summed E-state index contributed by atoms with van der Waals surface area (Å²) in [6, 6.07) is 7.85. The van der Waals surface area contributed by atoms with Crippen LogP contribution in [0.25, 0.3) is 0 Å². The van der Waals surface area contributed by atoms with Crippen molar-refractivity contribution in [1.82, 2.24) is 5.59 Å². The second kappa shape index (κ2) is 7.65. The van der Waals surface area contributed by atoms with Crippen LogP contribution in [-0.2, 0) is 16.1 Å². The molecule has 1 aromatic carbocycles. The summed E-state index contributed by atoms with van der Waals surface area (Å²) in [5.41, 5.74) is 3.12. The van der Waals surface area contributed by atoms with Crippen LogP contribution in [0.4, 0.5) is 0 Å². The predicted molar refractivity (Wildman–Crippen MR) is 64.0 cm³/mol. The molecule has 0 fully saturated rings. The molecule has 17 heavy (non-hydrogen) atoms. The first-order valence-corrected chi connectivity index (χ1v) is 5.63. The Morgan fingerprint density at radius 1 is 1.35 bits per heavy atom. The molecule has 0 radical (unpaired) electrons. The van der Waals surface area contributed by atoms with Gasteiger partial charge in [-0.3, -0.25) is 4.79 Å². The molecule has 94 valence electrons. The van der Waals surface area contributed by atoms with Gasteiger partial charge in [0.25, 0.3) is 0 Å². The van der Waals surface area contributed by atoms with E-state index in [1.807, 2.05) is 29.9 Å². The van der Waals surface area contributed by atoms with E-state index in [-0.39, 0.29) is 13.0 Å². The van der Waals surface area contributed by atoms with Crippen molar-refractivity contribution in [1.29, 1.82) is 0 Å². The van der Waals surface area contributed by atoms with Gasteiger partial charge in [0.05, 0.1) is 13.0 Å². The summed E-state index contributed by atoms with van der Waals surface area (Å²) in [6.45, 7) is 2.41. The molecule has 0 atom stereocenters. The van der Waals surface area contributed by atoms with Gasteiger partial charge in [0, 0.05) is 0 Å². The van der Waals surface area contributed by atoms with Crippen LogP contribution in [0.2, 0.25) is 0 Å². The third-order valence-corrected chi connectivity index (χ3v) is 2.21. The predicted octanol–water partition coefficient (Wildman–Crippen LogP) is 1.33. The van der Waals surface area contributed by atoms with Gasteiger partial charge in [-0.1, -0.05) is 31.1 Å². The quantitative estimate of drug-likeness (QED) is 0.553. The molecule has 3 N–H and O–H groups in total. The molecule has 1 aromatic rings. The van der Waals surface area contributed by atoms with Gasteiger partial charge in [-0.15, -0.1) is 0 Å². The molecule has 0 heterocycles. The fourth-order valence-corrected chi connectivity index (χ4v) is 1.41. The number of hydrogen-bond acceptors (Lipinski definition) is 5. The number of aryl methyl sites for hydroxylation is 1. The topological polar surface area (TPSA) is 73.6 Å². The average molecular weight is 238 g/mol. The average Bonchev–Trinajstić information content (AvgIpc) is 2.32. The molecule has 0 aliphatic rings. The first-order valence-electron chi connectivity index (χ1n) is 5.63. The van der Waals surface area contributed by atoms with Crippen molar-refractivity contribution in [3.05, 3.63) is 29.8 Å². The monoisotopic (exact) mass is 238 g/mol. The van der Waals surface area contributed by atoms with E-state index in [2.05, 4.69) is 11.8 Å². The van der Waals surface area contributed by atoms with Crippen LogP contribution in [0.15, 0.2) is 24.3 Å². The van der Waals surface area contributed by atoms with Crippen molar-refractivity contribution in [2.45, 2.75) is 26.2 Å². The molecule has 5 nitrogen and oxygen atoms in total. The van der Waals surface area contributed by atoms with Crippen LogP contribution in [0.1, 0.15) is 25.3 Å². The summed E-state index contributed by atoms with van der Waals surface area (Å²) < 4.78 is 5.39. The Labute approximate surface area is 101 Å². The standard InChI is InChI=1S/C12H18N2O3/c1-2-3-10-4-6-11(7-5-10)16-9-8-12(15)17-14-13/h4-7,14H,2-3,8-9,13H2,1H3. The zero-order chi connectivity index (χ0) is 12.5. The van der Waals surface area contributed by atoms with Crippen LogP contribution in [0.5, 0.6) is 5.75 Å². The van der Waals surface area contributed by atoms with Crippen molar-refractivity contribution in [2.75, 3.05) is 6.61 Å². The van der Waals surface area contributed by atoms with Crippen molar-refractivity contribution >= 4 is 5.97 Å². The minimum Gasteiger partial charge on any atom is -0.493 e. The lowest BCUT2D eigenvalue weighted by Crippen LogP contribution is -2.26. The summed E-state index contributed by atoms with van der Waals surface area (Å²) in [4.78, 5) is 15.3. The van der Waals surface area contributed by atoms with Gasteiger partial charge in [0.2, 0.25) is 0 Å². The number of rotatable bonds is 7. The van der Waals surface area contributed by atoms with Gasteiger partial charge in [0.1, 0.15) is 5.75 Å². The molecule has 5 heteroatoms. The van der Waals surface area contributed by atoms with E-state index in [9.17, 15) is 4.79 Å². The van der Waals surface area contributed by atoms with Gasteiger partial charge in [-0.2, -0.15) is 0 Å². The number of carbonyl (C=O) groups excluding carboxylic acids is 1. The summed E-state index contributed by atoms with van der Waals surface area (Å²) in [5, 5.41) is 0. The summed E-state index contributed by atoms with van der Waals surface area (Å²) in [7, 11) is 0. The summed E-state index contributed by atoms with van der Waals surface area (Å²) >= 11 is 0. The second-order valence-electron chi connectivity index (χ2n) is 3.58. The number of nitrogens with two attached hydrogens (primary N) is 1. The Morgan fingerprint density at radius 3 is 2.65 bits per heavy atom. The molecule has 0 unspecified atom stereocenters. The lowest BCUT2D eigenvalue weighted by Gasteiger charge is -2.06. The second-order valence-corrected chi connectivity index (χ2v) is 3.58. The minimum atomic E-state index is -0.449. The first kappa shape index (κ1) is 13.5. The van der Waals surface area contributed by atoms with E-state index in [1.165, 1.54) is 5.56 Å². The number of carbonyl (C=O) groups is 1. The lowest BCUT2D eigenvalue weighted by atomic mass is 10.1. The molecule has 0 aromatic heterocycles. The van der Waals surface area contributed by atoms with Crippen molar-refractivity contribution in [2.24, 2.45) is 5.84 Å². The third-order valence-electron chi connectivity index (χ3n) is 2.21. The molecule has 0 bridgehead atoms. The normalized spacial score (nSPS) is 10.0. The SMILES string of the molecule is CCCc1ccc(OCCC(=O)ONN)cc1. The zero-order valence-corrected chi connectivity index (χ0v) is 9.94. The largest absolute Gasteiger partial charge is 0.493 e. The highest BCUT2D eigenvalue weighted by atomic mass is 16.7. The van der Waals surface area contributed by atoms with Gasteiger partial charge < -0.3 is 9.57 Å². The van der Waals surface area contributed by atoms with E-state index in [4.69, 9.17) is 10.6 Å². The first-order chi connectivity index (χ1) is 8.26. The Balaban J connectivity index is 2.29. The Morgan fingerprint density at radius 2 is 2.06 bits per heavy atom. The maximum Gasteiger partial charge on any atom is 0.329 e. The van der Waals surface area contributed by atoms with E-state index < -0.39 is 5.97 Å². The van der Waals surface area contributed by atoms with Crippen molar-refractivity contribution in [3.63, 3.8) is 0 Å². The van der Waals surface area contributed by atoms with E-state index in [0.29, 0.717) is 0 Å². The maximum absolute atomic E-state index is 10.9. The molecule has 0 aliphatic heterocycles. The highest BCUT2D eigenvalue weighted by Crippen LogP contribution is 2.13. The molecule has 0 spiro atoms. The van der Waals surface area contributed by atoms with Crippen LogP contribution in [0.3, 0.4) is 0 Å². The highest BCUT2D eigenvalue weighted by molar-refractivity contribution is 5.69. The fraction of sp³-hybridized carbons (Fsp3) is 0.417. The van der Waals surface area contributed by atoms with Crippen molar-refractivity contribution < 1.29 is 14.4 Å². The molecule has 0 amide bonds. The number of benzene rings is 1. The highest BCUT2D eigenvalue weighted by Gasteiger charge is 2.02. The minimum absolute atomic E-state index is 0.154. The fourth-order valence-electron chi connectivity index (χ4n) is 1.41. The molecule has 0 aliphatic carbocycles. The van der Waals surface area contributed by atoms with Crippen LogP contribution in [-0.4, -0.2) is 12.6 Å². The Hall–Kier alpha value is -1.59. The summed E-state index contributed by atoms with van der Waals surface area (Å²) in [5.74, 6) is 5.12. The number of hydrazine groups is 1. The smallest absolute Gasteiger partial charge is 0.329 e. The number of ether oxygens (including phenoxy) is 1. The maximum atomic E-state index is 10.9. The van der Waals surface area contributed by atoms with Gasteiger partial charge in [-0.25, -0.2) is 5.84 Å². The van der Waals surface area contributed by atoms with E-state index >= 15 is 0 Å². The van der Waals surface area contributed by atoms with E-state index in [0.717, 1.165) is 18.6 Å². The molecular formula is C12H18N2O3. The van der Waals surface area contributed by atoms with E-state index in [1.54, 1.807) is 0 Å². The van der Waals surface area contributed by atoms with Crippen LogP contribution < -0.4 is 16.2 Å². The third kappa shape index (κ3) is 5.33. The van der Waals surface area contributed by atoms with Gasteiger partial charge >= 0.3 is 5.97 Å². The van der Waals surface area contributed by atoms with Crippen molar-refractivity contribution in [3.8, 4) is 5.75 Å². The lowest BCUT2D eigenvalue weighted by molar-refractivity contribution is -0.151. The Bertz CT molecular complexity index is 338. The molecule has 0 saturated carbocycles. The van der Waals surface area contributed by atoms with Gasteiger partial charge in [0.15, 0.2) is 0 Å². The molecule has 0 saturated heterocycles. The zero-order valence-electron chi connectivity index (χ0n) is 9.94. The number of nitrogens with one attached hydrogen (secondary N) is 1. The molecular weight excluding hydrogens is 220 g/mol. The Kier molecular flexibility index (Phi) is 6.06. The number of hydrogen-bond donors (Lipinski definition) is 2. The van der Waals surface area contributed by atoms with Crippen LogP contribution in [0, 0.1) is 0 Å². The summed E-state index contributed by atoms with van der Waals surface area (Å²) in [6.07, 6.45) is 2.34. The van der Waals surface area contributed by atoms with Crippen LogP contribution >= 0.6 is 0 Å². The van der Waals surface area contributed by atoms with Gasteiger partial charge in [-0.05, 0) is 24.1 Å². The molecule has 1 rings (SSSR count).